The second-order valence-electron chi connectivity index (χ2n) is 5.90. The molecule has 0 heterocycles. The summed E-state index contributed by atoms with van der Waals surface area (Å²) in [5.41, 5.74) is 2.10. The molecule has 0 radical (unpaired) electrons. The Labute approximate surface area is 163 Å². The van der Waals surface area contributed by atoms with Crippen LogP contribution in [0.3, 0.4) is 0 Å². The molecule has 0 amide bonds. The minimum Gasteiger partial charge on any atom is -0.497 e. The molecule has 2 aromatic carbocycles. The van der Waals surface area contributed by atoms with E-state index in [9.17, 15) is 12.6 Å². The highest BCUT2D eigenvalue weighted by molar-refractivity contribution is 7.90. The molecule has 0 aliphatic heterocycles. The van der Waals surface area contributed by atoms with Gasteiger partial charge in [0.15, 0.2) is 9.84 Å². The first-order chi connectivity index (χ1) is 12.9. The molecular formula is C21H20O4S2. The molecule has 0 aliphatic carbocycles. The average Bonchev–Trinajstić information content (AvgIpc) is 2.63. The summed E-state index contributed by atoms with van der Waals surface area (Å²) < 4.78 is 41.8. The molecule has 27 heavy (non-hydrogen) atoms. The SMILES string of the molecule is C#CCS(=O)(=O)Cc1cccc(C(C#C)S(=O)Cc2ccc(OC)cc2)c1. The molecule has 6 heteroatoms. The standard InChI is InChI=1S/C21H20O4S2/c1-4-13-27(23,24)16-18-7-6-8-19(14-18)21(5-2)26(22)15-17-9-11-20(25-3)12-10-17/h1-2,6-12,14,21H,13,15-16H2,3H3. The Bertz CT molecular complexity index is 994. The topological polar surface area (TPSA) is 60.4 Å². The fraction of sp³-hybridized carbons (Fsp3) is 0.238. The van der Waals surface area contributed by atoms with E-state index in [0.717, 1.165) is 11.3 Å². The lowest BCUT2D eigenvalue weighted by molar-refractivity contribution is 0.414. The van der Waals surface area contributed by atoms with Crippen LogP contribution in [0.25, 0.3) is 0 Å². The molecule has 0 N–H and O–H groups in total. The molecule has 0 aromatic heterocycles. The number of methoxy groups -OCH3 is 1. The van der Waals surface area contributed by atoms with Crippen molar-refractivity contribution >= 4 is 20.6 Å². The van der Waals surface area contributed by atoms with Crippen molar-refractivity contribution in [1.29, 1.82) is 0 Å². The lowest BCUT2D eigenvalue weighted by atomic mass is 10.1. The number of hydrogen-bond acceptors (Lipinski definition) is 4. The van der Waals surface area contributed by atoms with Gasteiger partial charge < -0.3 is 4.74 Å². The van der Waals surface area contributed by atoms with Crippen LogP contribution >= 0.6 is 0 Å². The second-order valence-corrected chi connectivity index (χ2v) is 9.49. The van der Waals surface area contributed by atoms with Crippen LogP contribution in [-0.4, -0.2) is 25.5 Å². The molecule has 0 bridgehead atoms. The first-order valence-corrected chi connectivity index (χ1v) is 11.3. The van der Waals surface area contributed by atoms with E-state index < -0.39 is 25.9 Å². The van der Waals surface area contributed by atoms with Crippen LogP contribution in [0.5, 0.6) is 5.75 Å². The third-order valence-electron chi connectivity index (χ3n) is 3.83. The Morgan fingerprint density at radius 1 is 1.11 bits per heavy atom. The van der Waals surface area contributed by atoms with Crippen molar-refractivity contribution in [3.05, 3.63) is 65.2 Å². The molecular weight excluding hydrogens is 380 g/mol. The minimum atomic E-state index is -3.38. The summed E-state index contributed by atoms with van der Waals surface area (Å²) in [4.78, 5) is 0. The van der Waals surface area contributed by atoms with Crippen LogP contribution in [0.2, 0.25) is 0 Å². The molecule has 2 atom stereocenters. The smallest absolute Gasteiger partial charge is 0.165 e. The van der Waals surface area contributed by atoms with Gasteiger partial charge in [-0.1, -0.05) is 48.2 Å². The average molecular weight is 401 g/mol. The van der Waals surface area contributed by atoms with Gasteiger partial charge >= 0.3 is 0 Å². The summed E-state index contributed by atoms with van der Waals surface area (Å²) in [7, 11) is -3.17. The quantitative estimate of drug-likeness (QED) is 0.640. The summed E-state index contributed by atoms with van der Waals surface area (Å²) >= 11 is 0. The molecule has 0 saturated carbocycles. The van der Waals surface area contributed by atoms with Crippen LogP contribution in [-0.2, 0) is 32.1 Å². The Morgan fingerprint density at radius 3 is 2.41 bits per heavy atom. The monoisotopic (exact) mass is 400 g/mol. The summed E-state index contributed by atoms with van der Waals surface area (Å²) in [6, 6.07) is 14.1. The third kappa shape index (κ3) is 5.99. The lowest BCUT2D eigenvalue weighted by Crippen LogP contribution is -2.10. The van der Waals surface area contributed by atoms with Gasteiger partial charge in [0.2, 0.25) is 0 Å². The highest BCUT2D eigenvalue weighted by atomic mass is 32.2. The zero-order valence-corrected chi connectivity index (χ0v) is 16.6. The van der Waals surface area contributed by atoms with Crippen molar-refractivity contribution < 1.29 is 17.4 Å². The normalized spacial score (nSPS) is 13.1. The zero-order chi connectivity index (χ0) is 19.9. The number of ether oxygens (including phenoxy) is 1. The molecule has 0 saturated heterocycles. The van der Waals surface area contributed by atoms with Gasteiger partial charge in [-0.25, -0.2) is 8.42 Å². The second kappa shape index (κ2) is 9.41. The Morgan fingerprint density at radius 2 is 1.81 bits per heavy atom. The number of rotatable bonds is 8. The first-order valence-electron chi connectivity index (χ1n) is 8.07. The summed E-state index contributed by atoms with van der Waals surface area (Å²) in [6.07, 6.45) is 10.7. The van der Waals surface area contributed by atoms with Gasteiger partial charge in [0.05, 0.1) is 18.6 Å². The summed E-state index contributed by atoms with van der Waals surface area (Å²) in [6.45, 7) is 0. The molecule has 0 fully saturated rings. The molecule has 2 unspecified atom stereocenters. The van der Waals surface area contributed by atoms with Crippen LogP contribution in [0.15, 0.2) is 48.5 Å². The molecule has 4 nitrogen and oxygen atoms in total. The maximum Gasteiger partial charge on any atom is 0.165 e. The van der Waals surface area contributed by atoms with E-state index in [1.807, 2.05) is 12.1 Å². The van der Waals surface area contributed by atoms with Crippen molar-refractivity contribution in [1.82, 2.24) is 0 Å². The van der Waals surface area contributed by atoms with Gasteiger partial charge in [-0.15, -0.1) is 12.8 Å². The van der Waals surface area contributed by atoms with Crippen molar-refractivity contribution in [3.63, 3.8) is 0 Å². The highest BCUT2D eigenvalue weighted by Gasteiger charge is 2.18. The molecule has 2 aromatic rings. The van der Waals surface area contributed by atoms with Crippen LogP contribution in [0.4, 0.5) is 0 Å². The highest BCUT2D eigenvalue weighted by Crippen LogP contribution is 2.24. The molecule has 2 rings (SSSR count). The van der Waals surface area contributed by atoms with Crippen molar-refractivity contribution in [2.75, 3.05) is 12.9 Å². The van der Waals surface area contributed by atoms with Crippen LogP contribution < -0.4 is 4.74 Å². The predicted molar refractivity (Wildman–Crippen MR) is 109 cm³/mol. The minimum absolute atomic E-state index is 0.173. The van der Waals surface area contributed by atoms with Gasteiger partial charge in [-0.3, -0.25) is 4.21 Å². The van der Waals surface area contributed by atoms with E-state index in [2.05, 4.69) is 11.8 Å². The Hall–Kier alpha value is -2.54. The van der Waals surface area contributed by atoms with Gasteiger partial charge in [-0.2, -0.15) is 0 Å². The van der Waals surface area contributed by atoms with E-state index in [1.54, 1.807) is 43.5 Å². The van der Waals surface area contributed by atoms with Gasteiger partial charge in [0.25, 0.3) is 0 Å². The van der Waals surface area contributed by atoms with Gasteiger partial charge in [0, 0.05) is 10.8 Å². The maximum atomic E-state index is 12.8. The van der Waals surface area contributed by atoms with E-state index in [1.165, 1.54) is 0 Å². The largest absolute Gasteiger partial charge is 0.497 e. The fourth-order valence-electron chi connectivity index (χ4n) is 2.57. The van der Waals surface area contributed by atoms with Crippen LogP contribution in [0.1, 0.15) is 21.9 Å². The number of sulfone groups is 1. The van der Waals surface area contributed by atoms with E-state index >= 15 is 0 Å². The Balaban J connectivity index is 2.19. The summed E-state index contributed by atoms with van der Waals surface area (Å²) in [5, 5.41) is -0.637. The first kappa shape index (κ1) is 20.8. The number of benzene rings is 2. The van der Waals surface area contributed by atoms with Gasteiger partial charge in [-0.05, 0) is 28.8 Å². The zero-order valence-electron chi connectivity index (χ0n) is 14.9. The lowest BCUT2D eigenvalue weighted by Gasteiger charge is -2.13. The fourth-order valence-corrected chi connectivity index (χ4v) is 4.90. The predicted octanol–water partition coefficient (Wildman–Crippen LogP) is 2.87. The maximum absolute atomic E-state index is 12.8. The molecule has 140 valence electrons. The van der Waals surface area contributed by atoms with E-state index in [-0.39, 0.29) is 11.5 Å². The third-order valence-corrected chi connectivity index (χ3v) is 6.76. The van der Waals surface area contributed by atoms with Crippen molar-refractivity contribution in [3.8, 4) is 30.4 Å². The number of terminal acetylenes is 2. The Kier molecular flexibility index (Phi) is 7.24. The molecule has 0 aliphatic rings. The van der Waals surface area contributed by atoms with E-state index in [0.29, 0.717) is 16.9 Å². The number of hydrogen-bond donors (Lipinski definition) is 0. The summed E-state index contributed by atoms with van der Waals surface area (Å²) in [5.74, 6) is 5.24. The van der Waals surface area contributed by atoms with Gasteiger partial charge in [0.1, 0.15) is 16.8 Å². The molecule has 0 spiro atoms. The van der Waals surface area contributed by atoms with Crippen molar-refractivity contribution in [2.24, 2.45) is 0 Å². The van der Waals surface area contributed by atoms with E-state index in [4.69, 9.17) is 17.6 Å². The van der Waals surface area contributed by atoms with Crippen molar-refractivity contribution in [2.45, 2.75) is 16.8 Å². The van der Waals surface area contributed by atoms with Crippen LogP contribution in [0, 0.1) is 24.7 Å².